The predicted octanol–water partition coefficient (Wildman–Crippen LogP) is 3.45. The van der Waals surface area contributed by atoms with Crippen LogP contribution < -0.4 is 10.6 Å². The Kier molecular flexibility index (Phi) is 6.81. The van der Waals surface area contributed by atoms with Crippen molar-refractivity contribution in [2.45, 2.75) is 42.4 Å². The first-order chi connectivity index (χ1) is 13.0. The molecule has 0 saturated carbocycles. The van der Waals surface area contributed by atoms with E-state index >= 15 is 0 Å². The minimum Gasteiger partial charge on any atom is -0.376 e. The summed E-state index contributed by atoms with van der Waals surface area (Å²) in [5.41, 5.74) is 1.27. The van der Waals surface area contributed by atoms with Crippen LogP contribution in [-0.2, 0) is 9.53 Å². The smallest absolute Gasteiger partial charge is 0.221 e. The number of ketones is 1. The largest absolute Gasteiger partial charge is 0.376 e. The maximum Gasteiger partial charge on any atom is 0.221 e. The van der Waals surface area contributed by atoms with E-state index in [1.807, 2.05) is 6.92 Å². The molecule has 2 atom stereocenters. The fraction of sp³-hybridized carbons (Fsp3) is 0.444. The van der Waals surface area contributed by atoms with Crippen molar-refractivity contribution in [3.8, 4) is 0 Å². The van der Waals surface area contributed by atoms with E-state index in [1.165, 1.54) is 30.0 Å². The molecule has 0 spiro atoms. The van der Waals surface area contributed by atoms with Crippen LogP contribution in [0.25, 0.3) is 0 Å². The topological polar surface area (TPSA) is 93.2 Å². The van der Waals surface area contributed by atoms with Gasteiger partial charge in [0.15, 0.2) is 10.1 Å². The lowest BCUT2D eigenvalue weighted by Gasteiger charge is -2.09. The highest BCUT2D eigenvalue weighted by atomic mass is 32.2. The Hall–Kier alpha value is -1.97. The number of nitrogens with zero attached hydrogens (tertiary/aromatic N) is 2. The lowest BCUT2D eigenvalue weighted by Crippen LogP contribution is -2.18. The first-order valence-electron chi connectivity index (χ1n) is 8.79. The van der Waals surface area contributed by atoms with Crippen LogP contribution in [0.1, 0.15) is 37.0 Å². The lowest BCUT2D eigenvalue weighted by atomic mass is 10.1. The SMILES string of the molecule is CC(=O)Nc1ccc(C(=O)C(C)Sc2nnc(NCC3CCCO3)s2)cc1. The number of benzene rings is 1. The van der Waals surface area contributed by atoms with Crippen LogP contribution in [0, 0.1) is 0 Å². The Morgan fingerprint density at radius 1 is 1.33 bits per heavy atom. The second kappa shape index (κ2) is 9.29. The molecule has 1 fully saturated rings. The lowest BCUT2D eigenvalue weighted by molar-refractivity contribution is -0.114. The summed E-state index contributed by atoms with van der Waals surface area (Å²) < 4.78 is 6.33. The second-order valence-corrected chi connectivity index (χ2v) is 8.84. The molecule has 9 heteroatoms. The van der Waals surface area contributed by atoms with E-state index in [2.05, 4.69) is 20.8 Å². The Bertz CT molecular complexity index is 788. The number of ether oxygens (including phenoxy) is 1. The molecular weight excluding hydrogens is 384 g/mol. The van der Waals surface area contributed by atoms with Crippen molar-refractivity contribution in [2.24, 2.45) is 0 Å². The zero-order valence-corrected chi connectivity index (χ0v) is 16.9. The number of carbonyl (C=O) groups is 2. The van der Waals surface area contributed by atoms with Crippen LogP contribution >= 0.6 is 23.1 Å². The van der Waals surface area contributed by atoms with Crippen LogP contribution in [0.15, 0.2) is 28.6 Å². The summed E-state index contributed by atoms with van der Waals surface area (Å²) in [5.74, 6) is -0.128. The highest BCUT2D eigenvalue weighted by molar-refractivity contribution is 8.02. The van der Waals surface area contributed by atoms with Crippen molar-refractivity contribution in [2.75, 3.05) is 23.8 Å². The van der Waals surface area contributed by atoms with Gasteiger partial charge in [0, 0.05) is 31.3 Å². The van der Waals surface area contributed by atoms with Gasteiger partial charge in [0.2, 0.25) is 11.0 Å². The maximum absolute atomic E-state index is 12.6. The van der Waals surface area contributed by atoms with Gasteiger partial charge < -0.3 is 15.4 Å². The molecule has 0 radical (unpaired) electrons. The van der Waals surface area contributed by atoms with Crippen LogP contribution in [0.5, 0.6) is 0 Å². The molecule has 1 aromatic carbocycles. The molecule has 1 aromatic heterocycles. The summed E-state index contributed by atoms with van der Waals surface area (Å²) in [6.45, 7) is 4.86. The molecule has 1 aliphatic heterocycles. The van der Waals surface area contributed by atoms with Gasteiger partial charge in [-0.2, -0.15) is 0 Å². The fourth-order valence-corrected chi connectivity index (χ4v) is 4.68. The van der Waals surface area contributed by atoms with E-state index in [0.717, 1.165) is 35.5 Å². The number of amides is 1. The molecule has 3 rings (SSSR count). The first kappa shape index (κ1) is 19.8. The molecule has 1 aliphatic rings. The van der Waals surface area contributed by atoms with Gasteiger partial charge in [0.1, 0.15) is 0 Å². The third-order valence-corrected chi connectivity index (χ3v) is 6.11. The number of carbonyl (C=O) groups excluding carboxylic acids is 2. The normalized spacial score (nSPS) is 17.5. The van der Waals surface area contributed by atoms with Crippen molar-refractivity contribution in [1.82, 2.24) is 10.2 Å². The molecule has 0 aliphatic carbocycles. The van der Waals surface area contributed by atoms with E-state index < -0.39 is 0 Å². The van der Waals surface area contributed by atoms with Gasteiger partial charge in [-0.15, -0.1) is 10.2 Å². The van der Waals surface area contributed by atoms with Crippen molar-refractivity contribution in [3.63, 3.8) is 0 Å². The average molecular weight is 407 g/mol. The Labute approximate surface area is 166 Å². The van der Waals surface area contributed by atoms with E-state index in [-0.39, 0.29) is 23.0 Å². The van der Waals surface area contributed by atoms with E-state index in [0.29, 0.717) is 11.3 Å². The number of Topliss-reactive ketones (excluding diaryl/α,β-unsaturated/α-hetero) is 1. The third kappa shape index (κ3) is 5.75. The molecule has 1 saturated heterocycles. The average Bonchev–Trinajstić information content (AvgIpc) is 3.31. The maximum atomic E-state index is 12.6. The summed E-state index contributed by atoms with van der Waals surface area (Å²) in [6.07, 6.45) is 2.42. The van der Waals surface area contributed by atoms with Crippen LogP contribution in [0.4, 0.5) is 10.8 Å². The first-order valence-corrected chi connectivity index (χ1v) is 10.5. The predicted molar refractivity (Wildman–Crippen MR) is 108 cm³/mol. The van der Waals surface area contributed by atoms with Crippen molar-refractivity contribution >= 4 is 45.6 Å². The van der Waals surface area contributed by atoms with Gasteiger partial charge in [-0.25, -0.2) is 0 Å². The molecule has 2 N–H and O–H groups in total. The summed E-state index contributed by atoms with van der Waals surface area (Å²) in [4.78, 5) is 23.7. The monoisotopic (exact) mass is 406 g/mol. The van der Waals surface area contributed by atoms with Crippen LogP contribution in [0.3, 0.4) is 0 Å². The summed E-state index contributed by atoms with van der Waals surface area (Å²) >= 11 is 2.84. The molecule has 2 heterocycles. The molecule has 0 bridgehead atoms. The standard InChI is InChI=1S/C18H22N4O3S2/c1-11(16(24)13-5-7-14(8-6-13)20-12(2)23)26-18-22-21-17(27-18)19-10-15-4-3-9-25-15/h5-8,11,15H,3-4,9-10H2,1-2H3,(H,19,21)(H,20,23). The quantitative estimate of drug-likeness (QED) is 0.512. The molecule has 144 valence electrons. The molecule has 27 heavy (non-hydrogen) atoms. The van der Waals surface area contributed by atoms with Gasteiger partial charge in [0.25, 0.3) is 0 Å². The Morgan fingerprint density at radius 3 is 2.78 bits per heavy atom. The third-order valence-electron chi connectivity index (χ3n) is 4.05. The van der Waals surface area contributed by atoms with Crippen molar-refractivity contribution < 1.29 is 14.3 Å². The minimum atomic E-state index is -0.282. The number of rotatable bonds is 8. The van der Waals surface area contributed by atoms with Crippen LogP contribution in [0.2, 0.25) is 0 Å². The number of thioether (sulfide) groups is 1. The van der Waals surface area contributed by atoms with Crippen molar-refractivity contribution in [1.29, 1.82) is 0 Å². The zero-order chi connectivity index (χ0) is 19.2. The summed E-state index contributed by atoms with van der Waals surface area (Å²) in [6, 6.07) is 6.90. The number of hydrogen-bond acceptors (Lipinski definition) is 8. The Balaban J connectivity index is 1.52. The number of aromatic nitrogens is 2. The fourth-order valence-electron chi connectivity index (χ4n) is 2.70. The van der Waals surface area contributed by atoms with Gasteiger partial charge in [0.05, 0.1) is 11.4 Å². The molecule has 1 amide bonds. The number of nitrogens with one attached hydrogen (secondary N) is 2. The van der Waals surface area contributed by atoms with Gasteiger partial charge >= 0.3 is 0 Å². The van der Waals surface area contributed by atoms with Gasteiger partial charge in [-0.05, 0) is 44.0 Å². The summed E-state index contributed by atoms with van der Waals surface area (Å²) in [5, 5.41) is 14.7. The number of hydrogen-bond donors (Lipinski definition) is 2. The Morgan fingerprint density at radius 2 is 2.11 bits per heavy atom. The van der Waals surface area contributed by atoms with E-state index in [1.54, 1.807) is 24.3 Å². The highest BCUT2D eigenvalue weighted by Gasteiger charge is 2.20. The van der Waals surface area contributed by atoms with Gasteiger partial charge in [-0.1, -0.05) is 23.1 Å². The molecule has 2 unspecified atom stereocenters. The summed E-state index contributed by atoms with van der Waals surface area (Å²) in [7, 11) is 0. The molecule has 7 nitrogen and oxygen atoms in total. The zero-order valence-electron chi connectivity index (χ0n) is 15.2. The van der Waals surface area contributed by atoms with E-state index in [4.69, 9.17) is 4.74 Å². The number of anilines is 2. The minimum absolute atomic E-state index is 0.0124. The van der Waals surface area contributed by atoms with Crippen LogP contribution in [-0.4, -0.2) is 46.4 Å². The molecular formula is C18H22N4O3S2. The second-order valence-electron chi connectivity index (χ2n) is 6.27. The van der Waals surface area contributed by atoms with Crippen molar-refractivity contribution in [3.05, 3.63) is 29.8 Å². The van der Waals surface area contributed by atoms with E-state index in [9.17, 15) is 9.59 Å². The molecule has 2 aromatic rings. The highest BCUT2D eigenvalue weighted by Crippen LogP contribution is 2.30. The van der Waals surface area contributed by atoms with Gasteiger partial charge in [-0.3, -0.25) is 9.59 Å².